The fraction of sp³-hybridized carbons (Fsp3) is 0.364. The Morgan fingerprint density at radius 3 is 1.73 bits per heavy atom. The Hall–Kier alpha value is -1.82. The molecule has 0 spiro atoms. The van der Waals surface area contributed by atoms with Crippen molar-refractivity contribution < 1.29 is 0 Å². The molecule has 0 radical (unpaired) electrons. The first kappa shape index (κ1) is 15.1. The SMILES string of the molecule is CC(C)(C)c1cc2ccc3ccccc3c2cc1C(C)(C)C. The van der Waals surface area contributed by atoms with Crippen LogP contribution in [-0.2, 0) is 10.8 Å². The van der Waals surface area contributed by atoms with E-state index in [9.17, 15) is 0 Å². The summed E-state index contributed by atoms with van der Waals surface area (Å²) < 4.78 is 0. The van der Waals surface area contributed by atoms with Crippen LogP contribution in [0, 0.1) is 0 Å². The fourth-order valence-corrected chi connectivity index (χ4v) is 3.30. The van der Waals surface area contributed by atoms with Gasteiger partial charge in [-0.1, -0.05) is 84.0 Å². The molecule has 0 heterocycles. The summed E-state index contributed by atoms with van der Waals surface area (Å²) in [7, 11) is 0. The Bertz CT molecular complexity index is 839. The van der Waals surface area contributed by atoms with Crippen molar-refractivity contribution in [2.75, 3.05) is 0 Å². The van der Waals surface area contributed by atoms with Gasteiger partial charge < -0.3 is 0 Å². The van der Waals surface area contributed by atoms with E-state index < -0.39 is 0 Å². The van der Waals surface area contributed by atoms with Crippen molar-refractivity contribution in [2.45, 2.75) is 52.4 Å². The summed E-state index contributed by atoms with van der Waals surface area (Å²) in [5, 5.41) is 5.39. The Morgan fingerprint density at radius 1 is 0.545 bits per heavy atom. The lowest BCUT2D eigenvalue weighted by Gasteiger charge is -2.31. The van der Waals surface area contributed by atoms with Crippen LogP contribution in [0.3, 0.4) is 0 Å². The van der Waals surface area contributed by atoms with Crippen LogP contribution in [0.5, 0.6) is 0 Å². The molecule has 0 nitrogen and oxygen atoms in total. The predicted molar refractivity (Wildman–Crippen MR) is 98.9 cm³/mol. The van der Waals surface area contributed by atoms with Gasteiger partial charge in [-0.2, -0.15) is 0 Å². The highest BCUT2D eigenvalue weighted by molar-refractivity contribution is 6.08. The molecule has 3 rings (SSSR count). The van der Waals surface area contributed by atoms with Gasteiger partial charge in [-0.25, -0.2) is 0 Å². The van der Waals surface area contributed by atoms with Crippen molar-refractivity contribution in [1.82, 2.24) is 0 Å². The number of hydrogen-bond donors (Lipinski definition) is 0. The molecule has 0 N–H and O–H groups in total. The average Bonchev–Trinajstić information content (AvgIpc) is 2.44. The Labute approximate surface area is 134 Å². The molecule has 0 amide bonds. The lowest BCUT2D eigenvalue weighted by Crippen LogP contribution is -2.21. The van der Waals surface area contributed by atoms with Gasteiger partial charge in [0.15, 0.2) is 0 Å². The highest BCUT2D eigenvalue weighted by Crippen LogP contribution is 2.38. The van der Waals surface area contributed by atoms with Crippen LogP contribution in [0.25, 0.3) is 21.5 Å². The molecule has 114 valence electrons. The number of hydrogen-bond acceptors (Lipinski definition) is 0. The molecule has 0 atom stereocenters. The topological polar surface area (TPSA) is 0 Å². The summed E-state index contributed by atoms with van der Waals surface area (Å²) in [5.74, 6) is 0. The highest BCUT2D eigenvalue weighted by atomic mass is 14.3. The van der Waals surface area contributed by atoms with Crippen LogP contribution in [0.2, 0.25) is 0 Å². The van der Waals surface area contributed by atoms with Gasteiger partial charge in [0.25, 0.3) is 0 Å². The second-order valence-corrected chi connectivity index (χ2v) is 8.41. The Kier molecular flexibility index (Phi) is 3.32. The third kappa shape index (κ3) is 2.52. The van der Waals surface area contributed by atoms with Gasteiger partial charge in [-0.15, -0.1) is 0 Å². The Balaban J connectivity index is 2.46. The summed E-state index contributed by atoms with van der Waals surface area (Å²) in [6.07, 6.45) is 0. The maximum Gasteiger partial charge on any atom is -0.0102 e. The van der Waals surface area contributed by atoms with Gasteiger partial charge >= 0.3 is 0 Å². The second kappa shape index (κ2) is 4.84. The molecule has 0 aromatic heterocycles. The molecule has 0 aliphatic rings. The van der Waals surface area contributed by atoms with Crippen LogP contribution in [0.1, 0.15) is 52.7 Å². The average molecular weight is 290 g/mol. The van der Waals surface area contributed by atoms with E-state index in [0.717, 1.165) is 0 Å². The zero-order chi connectivity index (χ0) is 16.1. The summed E-state index contributed by atoms with van der Waals surface area (Å²) in [5.41, 5.74) is 3.22. The number of rotatable bonds is 0. The first-order valence-electron chi connectivity index (χ1n) is 8.14. The predicted octanol–water partition coefficient (Wildman–Crippen LogP) is 6.59. The van der Waals surface area contributed by atoms with E-state index in [-0.39, 0.29) is 10.8 Å². The first-order valence-corrected chi connectivity index (χ1v) is 8.14. The van der Waals surface area contributed by atoms with Gasteiger partial charge in [-0.3, -0.25) is 0 Å². The van der Waals surface area contributed by atoms with Gasteiger partial charge in [0.2, 0.25) is 0 Å². The summed E-state index contributed by atoms with van der Waals surface area (Å²) >= 11 is 0. The van der Waals surface area contributed by atoms with Crippen LogP contribution in [-0.4, -0.2) is 0 Å². The van der Waals surface area contributed by atoms with Crippen molar-refractivity contribution in [3.05, 3.63) is 59.7 Å². The maximum absolute atomic E-state index is 2.43. The number of fused-ring (bicyclic) bond motifs is 3. The molecule has 3 aromatic carbocycles. The molecule has 0 fully saturated rings. The van der Waals surface area contributed by atoms with Gasteiger partial charge in [0.1, 0.15) is 0 Å². The quantitative estimate of drug-likeness (QED) is 0.410. The lowest BCUT2D eigenvalue weighted by atomic mass is 9.74. The molecule has 0 bridgehead atoms. The van der Waals surface area contributed by atoms with E-state index in [1.807, 2.05) is 0 Å². The zero-order valence-electron chi connectivity index (χ0n) is 14.6. The van der Waals surface area contributed by atoms with Crippen LogP contribution >= 0.6 is 0 Å². The maximum atomic E-state index is 2.43. The third-order valence-electron chi connectivity index (χ3n) is 4.50. The number of benzene rings is 3. The third-order valence-corrected chi connectivity index (χ3v) is 4.50. The second-order valence-electron chi connectivity index (χ2n) is 8.41. The minimum atomic E-state index is 0.147. The van der Waals surface area contributed by atoms with Crippen molar-refractivity contribution in [2.24, 2.45) is 0 Å². The minimum absolute atomic E-state index is 0.147. The van der Waals surface area contributed by atoms with E-state index in [1.165, 1.54) is 32.7 Å². The standard InChI is InChI=1S/C22H26/c1-21(2,3)19-13-16-12-11-15-9-7-8-10-17(15)18(16)14-20(19)22(4,5)6/h7-14H,1-6H3. The van der Waals surface area contributed by atoms with Crippen LogP contribution in [0.15, 0.2) is 48.5 Å². The van der Waals surface area contributed by atoms with Crippen LogP contribution < -0.4 is 0 Å². The summed E-state index contributed by atoms with van der Waals surface area (Å²) in [4.78, 5) is 0. The van der Waals surface area contributed by atoms with Gasteiger partial charge in [-0.05, 0) is 49.6 Å². The van der Waals surface area contributed by atoms with E-state index >= 15 is 0 Å². The van der Waals surface area contributed by atoms with E-state index in [1.54, 1.807) is 0 Å². The van der Waals surface area contributed by atoms with Gasteiger partial charge in [0.05, 0.1) is 0 Å². The highest BCUT2D eigenvalue weighted by Gasteiger charge is 2.25. The van der Waals surface area contributed by atoms with Crippen molar-refractivity contribution in [3.8, 4) is 0 Å². The largest absolute Gasteiger partial charge is 0.0616 e. The molecular formula is C22H26. The molecule has 22 heavy (non-hydrogen) atoms. The molecule has 0 aliphatic carbocycles. The Morgan fingerprint density at radius 2 is 1.09 bits per heavy atom. The summed E-state index contributed by atoms with van der Waals surface area (Å²) in [6, 6.07) is 18.0. The molecule has 0 unspecified atom stereocenters. The lowest BCUT2D eigenvalue weighted by molar-refractivity contribution is 0.531. The van der Waals surface area contributed by atoms with E-state index in [0.29, 0.717) is 0 Å². The molecule has 3 aromatic rings. The monoisotopic (exact) mass is 290 g/mol. The van der Waals surface area contributed by atoms with Gasteiger partial charge in [0, 0.05) is 0 Å². The normalized spacial score (nSPS) is 13.0. The zero-order valence-corrected chi connectivity index (χ0v) is 14.6. The van der Waals surface area contributed by atoms with Crippen molar-refractivity contribution in [1.29, 1.82) is 0 Å². The van der Waals surface area contributed by atoms with Crippen molar-refractivity contribution in [3.63, 3.8) is 0 Å². The van der Waals surface area contributed by atoms with E-state index in [2.05, 4.69) is 90.1 Å². The van der Waals surface area contributed by atoms with E-state index in [4.69, 9.17) is 0 Å². The molecule has 0 saturated carbocycles. The molecule has 0 heteroatoms. The minimum Gasteiger partial charge on any atom is -0.0616 e. The van der Waals surface area contributed by atoms with Crippen molar-refractivity contribution >= 4 is 21.5 Å². The molecular weight excluding hydrogens is 264 g/mol. The fourth-order valence-electron chi connectivity index (χ4n) is 3.30. The van der Waals surface area contributed by atoms with Crippen LogP contribution in [0.4, 0.5) is 0 Å². The summed E-state index contributed by atoms with van der Waals surface area (Å²) in [6.45, 7) is 13.9. The molecule has 0 aliphatic heterocycles. The smallest absolute Gasteiger partial charge is 0.0102 e. The first-order chi connectivity index (χ1) is 10.2. The molecule has 0 saturated heterocycles.